The van der Waals surface area contributed by atoms with Gasteiger partial charge in [0.25, 0.3) is 5.91 Å². The summed E-state index contributed by atoms with van der Waals surface area (Å²) >= 11 is 0. The van der Waals surface area contributed by atoms with Crippen molar-refractivity contribution >= 4 is 23.5 Å². The summed E-state index contributed by atoms with van der Waals surface area (Å²) in [7, 11) is 0. The molecule has 8 heteroatoms. The number of nitrogens with zero attached hydrogens (tertiary/aromatic N) is 1. The Bertz CT molecular complexity index is 1130. The van der Waals surface area contributed by atoms with Gasteiger partial charge in [-0.25, -0.2) is 4.79 Å². The highest BCUT2D eigenvalue weighted by Crippen LogP contribution is 2.26. The molecule has 0 saturated heterocycles. The molecule has 0 fully saturated rings. The zero-order valence-corrected chi connectivity index (χ0v) is 17.6. The molecule has 4 amide bonds. The van der Waals surface area contributed by atoms with Gasteiger partial charge in [0, 0.05) is 18.7 Å². The first-order valence-corrected chi connectivity index (χ1v) is 10.3. The summed E-state index contributed by atoms with van der Waals surface area (Å²) in [5.41, 5.74) is 8.62. The molecular weight excluding hydrogens is 408 g/mol. The average molecular weight is 432 g/mol. The number of carbonyl (C=O) groups is 3. The van der Waals surface area contributed by atoms with Gasteiger partial charge in [-0.05, 0) is 47.9 Å². The Balaban J connectivity index is 1.53. The van der Waals surface area contributed by atoms with Gasteiger partial charge in [-0.3, -0.25) is 9.59 Å². The summed E-state index contributed by atoms with van der Waals surface area (Å²) < 4.78 is 5.29. The molecule has 0 radical (unpaired) electrons. The van der Waals surface area contributed by atoms with Crippen molar-refractivity contribution < 1.29 is 18.8 Å². The van der Waals surface area contributed by atoms with Gasteiger partial charge in [0.15, 0.2) is 5.76 Å². The molecule has 2 aromatic carbocycles. The minimum absolute atomic E-state index is 0.202. The molecule has 1 aromatic heterocycles. The standard InChI is InChI=1S/C24H24N4O4/c1-15(16-8-10-19(11-9-16)27-24(25)31)26-22(29)20-13-17-5-2-3-6-18(17)14-28(20)23(30)21-7-4-12-32-21/h2-12,15,20H,13-14H2,1H3,(H,26,29)(H3,25,27,31). The van der Waals surface area contributed by atoms with Crippen molar-refractivity contribution in [3.63, 3.8) is 0 Å². The van der Waals surface area contributed by atoms with Crippen LogP contribution < -0.4 is 16.4 Å². The van der Waals surface area contributed by atoms with Crippen molar-refractivity contribution in [1.29, 1.82) is 0 Å². The maximum absolute atomic E-state index is 13.3. The van der Waals surface area contributed by atoms with E-state index in [1.165, 1.54) is 6.26 Å². The van der Waals surface area contributed by atoms with Crippen LogP contribution >= 0.6 is 0 Å². The number of hydrogen-bond donors (Lipinski definition) is 3. The van der Waals surface area contributed by atoms with E-state index in [4.69, 9.17) is 10.2 Å². The molecule has 4 N–H and O–H groups in total. The van der Waals surface area contributed by atoms with Crippen LogP contribution in [0, 0.1) is 0 Å². The molecule has 0 spiro atoms. The Morgan fingerprint density at radius 3 is 2.41 bits per heavy atom. The van der Waals surface area contributed by atoms with E-state index in [0.29, 0.717) is 18.7 Å². The first-order chi connectivity index (χ1) is 15.4. The molecule has 164 valence electrons. The summed E-state index contributed by atoms with van der Waals surface area (Å²) in [4.78, 5) is 38.9. The van der Waals surface area contributed by atoms with Gasteiger partial charge in [-0.1, -0.05) is 36.4 Å². The van der Waals surface area contributed by atoms with Crippen LogP contribution in [0.25, 0.3) is 0 Å². The number of fused-ring (bicyclic) bond motifs is 1. The lowest BCUT2D eigenvalue weighted by Crippen LogP contribution is -2.52. The van der Waals surface area contributed by atoms with Gasteiger partial charge < -0.3 is 25.7 Å². The highest BCUT2D eigenvalue weighted by atomic mass is 16.3. The molecule has 2 unspecified atom stereocenters. The maximum atomic E-state index is 13.3. The van der Waals surface area contributed by atoms with Crippen LogP contribution in [0.2, 0.25) is 0 Å². The lowest BCUT2D eigenvalue weighted by atomic mass is 9.93. The summed E-state index contributed by atoms with van der Waals surface area (Å²) in [6, 6.07) is 16.5. The van der Waals surface area contributed by atoms with Crippen LogP contribution in [0.15, 0.2) is 71.3 Å². The molecular formula is C24H24N4O4. The average Bonchev–Trinajstić information content (AvgIpc) is 3.32. The van der Waals surface area contributed by atoms with Crippen LogP contribution in [-0.2, 0) is 17.8 Å². The molecule has 0 bridgehead atoms. The fourth-order valence-electron chi connectivity index (χ4n) is 3.90. The van der Waals surface area contributed by atoms with Gasteiger partial charge >= 0.3 is 6.03 Å². The van der Waals surface area contributed by atoms with Crippen LogP contribution in [0.1, 0.15) is 40.2 Å². The number of primary amides is 1. The van der Waals surface area contributed by atoms with E-state index in [1.807, 2.05) is 31.2 Å². The minimum atomic E-state index is -0.666. The minimum Gasteiger partial charge on any atom is -0.459 e. The zero-order valence-electron chi connectivity index (χ0n) is 17.6. The van der Waals surface area contributed by atoms with Gasteiger partial charge in [0.1, 0.15) is 6.04 Å². The normalized spacial score (nSPS) is 16.0. The van der Waals surface area contributed by atoms with Gasteiger partial charge in [-0.2, -0.15) is 0 Å². The third-order valence-electron chi connectivity index (χ3n) is 5.58. The van der Waals surface area contributed by atoms with Crippen LogP contribution in [-0.4, -0.2) is 28.8 Å². The fourth-order valence-corrected chi connectivity index (χ4v) is 3.90. The molecule has 0 aliphatic carbocycles. The predicted octanol–water partition coefficient (Wildman–Crippen LogP) is 3.21. The van der Waals surface area contributed by atoms with Crippen LogP contribution in [0.5, 0.6) is 0 Å². The lowest BCUT2D eigenvalue weighted by molar-refractivity contribution is -0.126. The number of anilines is 1. The molecule has 2 atom stereocenters. The quantitative estimate of drug-likeness (QED) is 0.574. The van der Waals surface area contributed by atoms with E-state index in [-0.39, 0.29) is 23.6 Å². The van der Waals surface area contributed by atoms with E-state index in [0.717, 1.165) is 16.7 Å². The first-order valence-electron chi connectivity index (χ1n) is 10.3. The fraction of sp³-hybridized carbons (Fsp3) is 0.208. The Kier molecular flexibility index (Phi) is 5.93. The molecule has 1 aliphatic heterocycles. The number of amides is 4. The van der Waals surface area contributed by atoms with E-state index in [1.54, 1.807) is 41.3 Å². The second kappa shape index (κ2) is 8.97. The van der Waals surface area contributed by atoms with Crippen molar-refractivity contribution in [2.45, 2.75) is 32.0 Å². The monoisotopic (exact) mass is 432 g/mol. The number of urea groups is 1. The predicted molar refractivity (Wildman–Crippen MR) is 119 cm³/mol. The summed E-state index contributed by atoms with van der Waals surface area (Å²) in [5.74, 6) is -0.363. The van der Waals surface area contributed by atoms with E-state index in [2.05, 4.69) is 10.6 Å². The van der Waals surface area contributed by atoms with Crippen molar-refractivity contribution in [1.82, 2.24) is 10.2 Å². The van der Waals surface area contributed by atoms with Crippen molar-refractivity contribution in [2.24, 2.45) is 5.73 Å². The molecule has 3 aromatic rings. The number of benzene rings is 2. The highest BCUT2D eigenvalue weighted by Gasteiger charge is 2.36. The third kappa shape index (κ3) is 4.49. The lowest BCUT2D eigenvalue weighted by Gasteiger charge is -2.36. The van der Waals surface area contributed by atoms with E-state index in [9.17, 15) is 14.4 Å². The third-order valence-corrected chi connectivity index (χ3v) is 5.58. The van der Waals surface area contributed by atoms with Gasteiger partial charge in [0.2, 0.25) is 5.91 Å². The van der Waals surface area contributed by atoms with Crippen LogP contribution in [0.4, 0.5) is 10.5 Å². The molecule has 8 nitrogen and oxygen atoms in total. The molecule has 1 aliphatic rings. The first kappa shape index (κ1) is 21.2. The molecule has 32 heavy (non-hydrogen) atoms. The Hall–Kier alpha value is -4.07. The maximum Gasteiger partial charge on any atom is 0.316 e. The number of nitrogens with one attached hydrogen (secondary N) is 2. The van der Waals surface area contributed by atoms with Gasteiger partial charge in [-0.15, -0.1) is 0 Å². The topological polar surface area (TPSA) is 118 Å². The second-order valence-electron chi connectivity index (χ2n) is 7.74. The summed E-state index contributed by atoms with van der Waals surface area (Å²) in [6.07, 6.45) is 1.86. The molecule has 0 saturated carbocycles. The van der Waals surface area contributed by atoms with E-state index < -0.39 is 12.1 Å². The number of rotatable bonds is 5. The summed E-state index contributed by atoms with van der Waals surface area (Å²) in [6.45, 7) is 2.19. The number of furan rings is 1. The summed E-state index contributed by atoms with van der Waals surface area (Å²) in [5, 5.41) is 5.51. The highest BCUT2D eigenvalue weighted by molar-refractivity contribution is 5.96. The van der Waals surface area contributed by atoms with Crippen molar-refractivity contribution in [3.05, 3.63) is 89.4 Å². The van der Waals surface area contributed by atoms with Crippen LogP contribution in [0.3, 0.4) is 0 Å². The second-order valence-corrected chi connectivity index (χ2v) is 7.74. The number of nitrogens with two attached hydrogens (primary N) is 1. The molecule has 4 rings (SSSR count). The smallest absolute Gasteiger partial charge is 0.316 e. The largest absolute Gasteiger partial charge is 0.459 e. The Labute approximate surface area is 185 Å². The Morgan fingerprint density at radius 2 is 1.75 bits per heavy atom. The van der Waals surface area contributed by atoms with Crippen molar-refractivity contribution in [3.8, 4) is 0 Å². The van der Waals surface area contributed by atoms with Gasteiger partial charge in [0.05, 0.1) is 12.3 Å². The number of carbonyl (C=O) groups excluding carboxylic acids is 3. The zero-order chi connectivity index (χ0) is 22.7. The number of hydrogen-bond acceptors (Lipinski definition) is 4. The van der Waals surface area contributed by atoms with Crippen molar-refractivity contribution in [2.75, 3.05) is 5.32 Å². The Morgan fingerprint density at radius 1 is 1.03 bits per heavy atom. The SMILES string of the molecule is CC(NC(=O)C1Cc2ccccc2CN1C(=O)c1ccco1)c1ccc(NC(N)=O)cc1. The molecule has 2 heterocycles. The van der Waals surface area contributed by atoms with E-state index >= 15 is 0 Å².